The minimum Gasteiger partial charge on any atom is -0.480 e. The first-order valence-corrected chi connectivity index (χ1v) is 5.25. The molecule has 1 unspecified atom stereocenters. The molecule has 0 aliphatic heterocycles. The van der Waals surface area contributed by atoms with Crippen molar-refractivity contribution in [1.82, 2.24) is 4.98 Å². The third kappa shape index (κ3) is 2.54. The number of aliphatic carboxylic acids is 1. The molecule has 0 aromatic carbocycles. The fourth-order valence-electron chi connectivity index (χ4n) is 1.25. The zero-order chi connectivity index (χ0) is 11.6. The first-order chi connectivity index (χ1) is 6.85. The summed E-state index contributed by atoms with van der Waals surface area (Å²) in [5.41, 5.74) is 5.79. The van der Waals surface area contributed by atoms with Crippen molar-refractivity contribution in [2.24, 2.45) is 5.73 Å². The molecule has 3 N–H and O–H groups in total. The van der Waals surface area contributed by atoms with Crippen LogP contribution in [0.3, 0.4) is 0 Å². The molecule has 0 fully saturated rings. The minimum atomic E-state index is -1.01. The quantitative estimate of drug-likeness (QED) is 0.819. The summed E-state index contributed by atoms with van der Waals surface area (Å²) in [6, 6.07) is 2.64. The summed E-state index contributed by atoms with van der Waals surface area (Å²) < 4.78 is 0.714. The number of hydrogen-bond acceptors (Lipinski definition) is 3. The van der Waals surface area contributed by atoms with Crippen LogP contribution in [0.25, 0.3) is 0 Å². The van der Waals surface area contributed by atoms with E-state index in [0.717, 1.165) is 5.56 Å². The van der Waals surface area contributed by atoms with E-state index >= 15 is 0 Å². The molecule has 0 radical (unpaired) electrons. The average molecular weight is 273 g/mol. The van der Waals surface area contributed by atoms with E-state index in [4.69, 9.17) is 10.8 Å². The highest BCUT2D eigenvalue weighted by Crippen LogP contribution is 2.26. The molecule has 4 nitrogen and oxygen atoms in total. The van der Waals surface area contributed by atoms with E-state index in [1.54, 1.807) is 26.1 Å². The number of carboxylic acids is 1. The van der Waals surface area contributed by atoms with E-state index in [0.29, 0.717) is 4.60 Å². The molecule has 0 aliphatic rings. The number of rotatable bonds is 3. The third-order valence-corrected chi connectivity index (χ3v) is 2.98. The van der Waals surface area contributed by atoms with Gasteiger partial charge in [0.1, 0.15) is 10.6 Å². The predicted octanol–water partition coefficient (Wildman–Crippen LogP) is 1.53. The van der Waals surface area contributed by atoms with Gasteiger partial charge in [-0.1, -0.05) is 19.9 Å². The molecule has 82 valence electrons. The molecule has 0 bridgehead atoms. The Morgan fingerprint density at radius 1 is 1.60 bits per heavy atom. The van der Waals surface area contributed by atoms with Crippen molar-refractivity contribution in [3.8, 4) is 0 Å². The van der Waals surface area contributed by atoms with Crippen molar-refractivity contribution < 1.29 is 9.90 Å². The van der Waals surface area contributed by atoms with Gasteiger partial charge in [-0.25, -0.2) is 4.98 Å². The van der Waals surface area contributed by atoms with Crippen LogP contribution in [-0.4, -0.2) is 22.1 Å². The lowest BCUT2D eigenvalue weighted by molar-refractivity contribution is -0.140. The van der Waals surface area contributed by atoms with Crippen LogP contribution < -0.4 is 5.73 Å². The molecule has 1 heterocycles. The van der Waals surface area contributed by atoms with Crippen LogP contribution in [0.15, 0.2) is 22.9 Å². The first kappa shape index (κ1) is 12.1. The van der Waals surface area contributed by atoms with Crippen molar-refractivity contribution in [3.63, 3.8) is 0 Å². The maximum atomic E-state index is 10.8. The second kappa shape index (κ2) is 4.28. The highest BCUT2D eigenvalue weighted by atomic mass is 79.9. The van der Waals surface area contributed by atoms with Gasteiger partial charge in [0.25, 0.3) is 0 Å². The smallest absolute Gasteiger partial charge is 0.321 e. The number of halogens is 1. The van der Waals surface area contributed by atoms with Gasteiger partial charge in [0.2, 0.25) is 0 Å². The summed E-state index contributed by atoms with van der Waals surface area (Å²) in [4.78, 5) is 14.9. The summed E-state index contributed by atoms with van der Waals surface area (Å²) in [6.45, 7) is 3.58. The van der Waals surface area contributed by atoms with E-state index in [-0.39, 0.29) is 0 Å². The van der Waals surface area contributed by atoms with E-state index in [1.807, 2.05) is 6.07 Å². The first-order valence-electron chi connectivity index (χ1n) is 4.46. The van der Waals surface area contributed by atoms with Crippen molar-refractivity contribution in [2.45, 2.75) is 25.3 Å². The number of nitrogens with two attached hydrogens (primary N) is 1. The molecular formula is C10H13BrN2O2. The minimum absolute atomic E-state index is 0.639. The van der Waals surface area contributed by atoms with Gasteiger partial charge >= 0.3 is 5.97 Å². The molecule has 0 spiro atoms. The van der Waals surface area contributed by atoms with Crippen LogP contribution >= 0.6 is 15.9 Å². The number of carboxylic acid groups (broad SMARTS) is 1. The van der Waals surface area contributed by atoms with Gasteiger partial charge in [-0.15, -0.1) is 0 Å². The van der Waals surface area contributed by atoms with Crippen LogP contribution in [0.5, 0.6) is 0 Å². The normalized spacial score (nSPS) is 13.6. The van der Waals surface area contributed by atoms with Crippen LogP contribution in [0, 0.1) is 0 Å². The molecule has 1 atom stereocenters. The monoisotopic (exact) mass is 272 g/mol. The van der Waals surface area contributed by atoms with E-state index in [1.165, 1.54) is 0 Å². The standard InChI is InChI=1S/C10H13BrN2O2/c1-10(2,8(12)9(14)15)6-3-4-7(11)13-5-6/h3-5,8H,12H2,1-2H3,(H,14,15). The SMILES string of the molecule is CC(C)(c1ccc(Br)nc1)C(N)C(=O)O. The topological polar surface area (TPSA) is 76.2 Å². The highest BCUT2D eigenvalue weighted by molar-refractivity contribution is 9.10. The van der Waals surface area contributed by atoms with Crippen molar-refractivity contribution in [1.29, 1.82) is 0 Å². The number of pyridine rings is 1. The molecule has 5 heteroatoms. The molecule has 1 aromatic heterocycles. The maximum Gasteiger partial charge on any atom is 0.321 e. The molecule has 0 amide bonds. The van der Waals surface area contributed by atoms with Crippen LogP contribution in [-0.2, 0) is 10.2 Å². The van der Waals surface area contributed by atoms with E-state index in [2.05, 4.69) is 20.9 Å². The number of nitrogens with zero attached hydrogens (tertiary/aromatic N) is 1. The molecular weight excluding hydrogens is 260 g/mol. The van der Waals surface area contributed by atoms with Gasteiger partial charge < -0.3 is 10.8 Å². The molecule has 0 saturated carbocycles. The van der Waals surface area contributed by atoms with Crippen molar-refractivity contribution in [2.75, 3.05) is 0 Å². The summed E-state index contributed by atoms with van der Waals surface area (Å²) in [7, 11) is 0. The lowest BCUT2D eigenvalue weighted by Gasteiger charge is -2.28. The van der Waals surface area contributed by atoms with Crippen molar-refractivity contribution >= 4 is 21.9 Å². The van der Waals surface area contributed by atoms with Crippen LogP contribution in [0.1, 0.15) is 19.4 Å². The Morgan fingerprint density at radius 2 is 2.20 bits per heavy atom. The maximum absolute atomic E-state index is 10.8. The largest absolute Gasteiger partial charge is 0.480 e. The Balaban J connectivity index is 3.05. The molecule has 15 heavy (non-hydrogen) atoms. The van der Waals surface area contributed by atoms with Gasteiger partial charge in [-0.2, -0.15) is 0 Å². The zero-order valence-corrected chi connectivity index (χ0v) is 10.2. The molecule has 0 aliphatic carbocycles. The second-order valence-electron chi connectivity index (χ2n) is 3.91. The number of aromatic nitrogens is 1. The third-order valence-electron chi connectivity index (χ3n) is 2.51. The Bertz CT molecular complexity index is 362. The van der Waals surface area contributed by atoms with Gasteiger partial charge in [0.15, 0.2) is 0 Å². The number of hydrogen-bond donors (Lipinski definition) is 2. The fraction of sp³-hybridized carbons (Fsp3) is 0.400. The summed E-state index contributed by atoms with van der Waals surface area (Å²) in [5, 5.41) is 8.88. The van der Waals surface area contributed by atoms with Crippen molar-refractivity contribution in [3.05, 3.63) is 28.5 Å². The molecule has 0 saturated heterocycles. The van der Waals surface area contributed by atoms with Gasteiger partial charge in [-0.3, -0.25) is 4.79 Å². The summed E-state index contributed by atoms with van der Waals surface area (Å²) >= 11 is 3.22. The van der Waals surface area contributed by atoms with Crippen LogP contribution in [0.2, 0.25) is 0 Å². The Morgan fingerprint density at radius 3 is 2.60 bits per heavy atom. The van der Waals surface area contributed by atoms with Gasteiger partial charge in [0, 0.05) is 11.6 Å². The average Bonchev–Trinajstić information content (AvgIpc) is 2.17. The number of carbonyl (C=O) groups is 1. The second-order valence-corrected chi connectivity index (χ2v) is 4.72. The van der Waals surface area contributed by atoms with Gasteiger partial charge in [0.05, 0.1) is 0 Å². The Hall–Kier alpha value is -0.940. The Kier molecular flexibility index (Phi) is 3.46. The van der Waals surface area contributed by atoms with E-state index in [9.17, 15) is 4.79 Å². The fourth-order valence-corrected chi connectivity index (χ4v) is 1.48. The summed E-state index contributed by atoms with van der Waals surface area (Å²) in [6.07, 6.45) is 1.63. The van der Waals surface area contributed by atoms with Gasteiger partial charge in [-0.05, 0) is 27.6 Å². The predicted molar refractivity (Wildman–Crippen MR) is 60.6 cm³/mol. The molecule has 1 aromatic rings. The highest BCUT2D eigenvalue weighted by Gasteiger charge is 2.33. The zero-order valence-electron chi connectivity index (χ0n) is 8.57. The lowest BCUT2D eigenvalue weighted by atomic mass is 9.79. The van der Waals surface area contributed by atoms with Crippen LogP contribution in [0.4, 0.5) is 0 Å². The Labute approximate surface area is 96.6 Å². The summed E-state index contributed by atoms with van der Waals surface area (Å²) in [5.74, 6) is -1.01. The van der Waals surface area contributed by atoms with E-state index < -0.39 is 17.4 Å². The molecule has 1 rings (SSSR count). The lowest BCUT2D eigenvalue weighted by Crippen LogP contribution is -2.46.